The van der Waals surface area contributed by atoms with Crippen LogP contribution in [0, 0.1) is 13.0 Å². The van der Waals surface area contributed by atoms with Crippen molar-refractivity contribution in [3.63, 3.8) is 0 Å². The zero-order chi connectivity index (χ0) is 6.69. The van der Waals surface area contributed by atoms with E-state index in [-0.39, 0.29) is 0 Å². The zero-order valence-electron chi connectivity index (χ0n) is 6.14. The van der Waals surface area contributed by atoms with Gasteiger partial charge in [-0.05, 0) is 31.7 Å². The molecule has 9 heavy (non-hydrogen) atoms. The van der Waals surface area contributed by atoms with Gasteiger partial charge < -0.3 is 0 Å². The van der Waals surface area contributed by atoms with E-state index in [1.54, 1.807) is 0 Å². The Balaban J connectivity index is 1.95. The molecule has 0 amide bonds. The molecule has 1 fully saturated rings. The zero-order valence-corrected chi connectivity index (χ0v) is 6.14. The van der Waals surface area contributed by atoms with Crippen molar-refractivity contribution in [3.8, 4) is 0 Å². The highest BCUT2D eigenvalue weighted by Gasteiger charge is 2.22. The summed E-state index contributed by atoms with van der Waals surface area (Å²) < 4.78 is 0. The predicted molar refractivity (Wildman–Crippen MR) is 38.9 cm³/mol. The van der Waals surface area contributed by atoms with E-state index < -0.39 is 0 Å². The van der Waals surface area contributed by atoms with Gasteiger partial charge in [0, 0.05) is 13.6 Å². The Labute approximate surface area is 58.0 Å². The van der Waals surface area contributed by atoms with Gasteiger partial charge in [-0.15, -0.1) is 0 Å². The third-order valence-corrected chi connectivity index (χ3v) is 1.70. The van der Waals surface area contributed by atoms with Gasteiger partial charge in [-0.2, -0.15) is 0 Å². The summed E-state index contributed by atoms with van der Waals surface area (Å²) in [7, 11) is 5.66. The van der Waals surface area contributed by atoms with Crippen molar-refractivity contribution in [1.29, 1.82) is 0 Å². The third kappa shape index (κ3) is 2.85. The van der Waals surface area contributed by atoms with Crippen LogP contribution in [0.4, 0.5) is 0 Å². The summed E-state index contributed by atoms with van der Waals surface area (Å²) >= 11 is 0. The summed E-state index contributed by atoms with van der Waals surface area (Å²) in [6.07, 6.45) is 3.97. The minimum Gasteiger partial charge on any atom is -0.297 e. The van der Waals surface area contributed by atoms with Gasteiger partial charge in [-0.1, -0.05) is 6.92 Å². The van der Waals surface area contributed by atoms with Crippen LogP contribution in [0.5, 0.6) is 0 Å². The van der Waals surface area contributed by atoms with Gasteiger partial charge in [0.15, 0.2) is 0 Å². The smallest absolute Gasteiger partial charge is 0.0438 e. The number of hydrogen-bond donors (Lipinski definition) is 0. The van der Waals surface area contributed by atoms with Gasteiger partial charge in [0.1, 0.15) is 0 Å². The summed E-state index contributed by atoms with van der Waals surface area (Å²) in [5.74, 6) is 0.932. The van der Waals surface area contributed by atoms with E-state index in [1.165, 1.54) is 19.3 Å². The molecule has 1 aliphatic rings. The molecule has 0 atom stereocenters. The van der Waals surface area contributed by atoms with Crippen molar-refractivity contribution in [2.75, 3.05) is 13.1 Å². The lowest BCUT2D eigenvalue weighted by atomic mass is 10.3. The Morgan fingerprint density at radius 1 is 1.56 bits per heavy atom. The van der Waals surface area contributed by atoms with Crippen molar-refractivity contribution in [2.45, 2.75) is 26.2 Å². The fraction of sp³-hybridized carbons (Fsp3) is 0.875. The Bertz CT molecular complexity index is 76.6. The second kappa shape index (κ2) is 3.21. The van der Waals surface area contributed by atoms with E-state index in [0.717, 1.165) is 19.0 Å². The van der Waals surface area contributed by atoms with Crippen LogP contribution in [-0.4, -0.2) is 18.0 Å². The minimum absolute atomic E-state index is 0.932. The fourth-order valence-corrected chi connectivity index (χ4v) is 1.01. The molecule has 0 bridgehead atoms. The maximum atomic E-state index is 5.66. The second-order valence-corrected chi connectivity index (χ2v) is 2.94. The van der Waals surface area contributed by atoms with Crippen LogP contribution in [-0.2, 0) is 0 Å². The minimum atomic E-state index is 0.932. The van der Waals surface area contributed by atoms with Gasteiger partial charge in [0.2, 0.25) is 0 Å². The first-order valence-corrected chi connectivity index (χ1v) is 3.82. The lowest BCUT2D eigenvalue weighted by Gasteiger charge is -2.12. The molecule has 0 saturated heterocycles. The first kappa shape index (κ1) is 7.07. The predicted octanol–water partition coefficient (Wildman–Crippen LogP) is 1.78. The summed E-state index contributed by atoms with van der Waals surface area (Å²) in [6, 6.07) is 0. The lowest BCUT2D eigenvalue weighted by molar-refractivity contribution is 0.354. The number of hydrogen-bond acceptors (Lipinski definition) is 1. The highest BCUT2D eigenvalue weighted by atomic mass is 15.1. The molecule has 0 unspecified atom stereocenters. The van der Waals surface area contributed by atoms with E-state index in [1.807, 2.05) is 4.90 Å². The summed E-state index contributed by atoms with van der Waals surface area (Å²) in [5, 5.41) is 0. The van der Waals surface area contributed by atoms with E-state index in [0.29, 0.717) is 0 Å². The van der Waals surface area contributed by atoms with Crippen molar-refractivity contribution in [2.24, 2.45) is 5.92 Å². The summed E-state index contributed by atoms with van der Waals surface area (Å²) in [5.41, 5.74) is 0. The maximum absolute atomic E-state index is 5.66. The Morgan fingerprint density at radius 2 is 2.22 bits per heavy atom. The highest BCUT2D eigenvalue weighted by Crippen LogP contribution is 2.29. The molecule has 0 spiro atoms. The second-order valence-electron chi connectivity index (χ2n) is 2.94. The van der Waals surface area contributed by atoms with E-state index in [9.17, 15) is 0 Å². The fourth-order valence-electron chi connectivity index (χ4n) is 1.01. The largest absolute Gasteiger partial charge is 0.297 e. The first-order chi connectivity index (χ1) is 4.33. The number of rotatable bonds is 4. The van der Waals surface area contributed by atoms with E-state index in [4.69, 9.17) is 7.05 Å². The van der Waals surface area contributed by atoms with Crippen molar-refractivity contribution < 1.29 is 0 Å². The first-order valence-electron chi connectivity index (χ1n) is 3.82. The Hall–Kier alpha value is -0.0400. The van der Waals surface area contributed by atoms with Crippen LogP contribution in [0.3, 0.4) is 0 Å². The molecule has 0 heterocycles. The summed E-state index contributed by atoms with van der Waals surface area (Å²) in [6.45, 7) is 4.33. The highest BCUT2D eigenvalue weighted by molar-refractivity contribution is 4.76. The van der Waals surface area contributed by atoms with Crippen LogP contribution in [0.1, 0.15) is 26.2 Å². The quantitative estimate of drug-likeness (QED) is 0.518. The van der Waals surface area contributed by atoms with Gasteiger partial charge in [-0.25, -0.2) is 0 Å². The van der Waals surface area contributed by atoms with Crippen molar-refractivity contribution >= 4 is 0 Å². The lowest BCUT2D eigenvalue weighted by Crippen LogP contribution is -2.18. The molecule has 1 nitrogen and oxygen atoms in total. The van der Waals surface area contributed by atoms with Crippen LogP contribution in [0.25, 0.3) is 0 Å². The molecule has 2 radical (unpaired) electrons. The van der Waals surface area contributed by atoms with Crippen LogP contribution in [0.2, 0.25) is 0 Å². The Kier molecular flexibility index (Phi) is 2.52. The van der Waals surface area contributed by atoms with Crippen LogP contribution < -0.4 is 0 Å². The number of nitrogens with zero attached hydrogens (tertiary/aromatic N) is 1. The molecule has 1 heteroatoms. The van der Waals surface area contributed by atoms with Gasteiger partial charge in [0.05, 0.1) is 0 Å². The third-order valence-electron chi connectivity index (χ3n) is 1.70. The van der Waals surface area contributed by atoms with E-state index in [2.05, 4.69) is 6.92 Å². The van der Waals surface area contributed by atoms with E-state index >= 15 is 0 Å². The Morgan fingerprint density at radius 3 is 2.67 bits per heavy atom. The molecule has 52 valence electrons. The molecule has 1 aliphatic carbocycles. The molecule has 0 aromatic rings. The standard InChI is InChI=1S/C8H15N/c1-3-6-9(2)7-8-4-5-8/h2,8H,3-7H2,1H3. The average molecular weight is 125 g/mol. The van der Waals surface area contributed by atoms with Crippen molar-refractivity contribution in [1.82, 2.24) is 4.90 Å². The van der Waals surface area contributed by atoms with Gasteiger partial charge in [0.25, 0.3) is 0 Å². The normalized spacial score (nSPS) is 19.0. The molecule has 1 rings (SSSR count). The van der Waals surface area contributed by atoms with Crippen LogP contribution >= 0.6 is 0 Å². The molecule has 0 N–H and O–H groups in total. The molecule has 0 aromatic carbocycles. The maximum Gasteiger partial charge on any atom is 0.0438 e. The average Bonchev–Trinajstić information content (AvgIpc) is 2.50. The van der Waals surface area contributed by atoms with Gasteiger partial charge >= 0.3 is 0 Å². The molecular formula is C8H15N. The molecular weight excluding hydrogens is 110 g/mol. The van der Waals surface area contributed by atoms with Gasteiger partial charge in [-0.3, -0.25) is 4.90 Å². The molecule has 0 aliphatic heterocycles. The SMILES string of the molecule is [CH]N(CCC)CC1CC1. The summed E-state index contributed by atoms with van der Waals surface area (Å²) in [4.78, 5) is 1.94. The topological polar surface area (TPSA) is 3.24 Å². The van der Waals surface area contributed by atoms with Crippen molar-refractivity contribution in [3.05, 3.63) is 7.05 Å². The molecule has 0 aromatic heterocycles. The monoisotopic (exact) mass is 125 g/mol. The molecule has 1 saturated carbocycles. The van der Waals surface area contributed by atoms with Crippen LogP contribution in [0.15, 0.2) is 0 Å².